The van der Waals surface area contributed by atoms with Gasteiger partial charge in [0.05, 0.1) is 18.2 Å². The summed E-state index contributed by atoms with van der Waals surface area (Å²) in [5.41, 5.74) is 1.30. The van der Waals surface area contributed by atoms with Crippen molar-refractivity contribution in [3.63, 3.8) is 0 Å². The van der Waals surface area contributed by atoms with Gasteiger partial charge in [-0.3, -0.25) is 4.57 Å². The number of pyridine rings is 1. The van der Waals surface area contributed by atoms with Crippen molar-refractivity contribution in [3.8, 4) is 6.01 Å². The minimum atomic E-state index is -1.19. The van der Waals surface area contributed by atoms with Crippen molar-refractivity contribution >= 4 is 53.4 Å². The summed E-state index contributed by atoms with van der Waals surface area (Å²) in [6, 6.07) is 3.23. The highest BCUT2D eigenvalue weighted by molar-refractivity contribution is 14.1. The van der Waals surface area contributed by atoms with Crippen LogP contribution in [0.1, 0.15) is 0 Å². The van der Waals surface area contributed by atoms with Gasteiger partial charge in [0.25, 0.3) is 0 Å². The van der Waals surface area contributed by atoms with Gasteiger partial charge in [-0.1, -0.05) is 31.2 Å². The summed E-state index contributed by atoms with van der Waals surface area (Å²) in [5.74, 6) is 0. The van der Waals surface area contributed by atoms with E-state index in [4.69, 9.17) is 30.5 Å². The maximum atomic E-state index is 9.95. The van der Waals surface area contributed by atoms with Crippen molar-refractivity contribution in [2.75, 3.05) is 19.8 Å². The van der Waals surface area contributed by atoms with Crippen molar-refractivity contribution in [2.24, 2.45) is 0 Å². The molecule has 0 amide bonds. The van der Waals surface area contributed by atoms with Crippen LogP contribution in [0.15, 0.2) is 6.07 Å². The van der Waals surface area contributed by atoms with Crippen LogP contribution in [0.25, 0.3) is 11.2 Å². The summed E-state index contributed by atoms with van der Waals surface area (Å²) >= 11 is 8.33. The van der Waals surface area contributed by atoms with E-state index in [1.807, 2.05) is 4.57 Å². The molecule has 8 nitrogen and oxygen atoms in total. The van der Waals surface area contributed by atoms with Crippen molar-refractivity contribution in [1.29, 1.82) is 0 Å². The molecule has 0 aromatic carbocycles. The first kappa shape index (κ1) is 21.7. The number of ether oxygens (including phenoxy) is 4. The van der Waals surface area contributed by atoms with E-state index in [2.05, 4.69) is 52.2 Å². The molecule has 2 saturated heterocycles. The number of aliphatic hydroxyl groups is 1. The molecule has 4 atom stereocenters. The van der Waals surface area contributed by atoms with Crippen LogP contribution >= 0.6 is 34.2 Å². The molecule has 2 aromatic rings. The number of aromatic nitrogens is 3. The normalized spacial score (nSPS) is 27.0. The zero-order chi connectivity index (χ0) is 20.8. The fraction of sp³-hybridized carbons (Fsp3) is 0.667. The average molecular weight is 554 g/mol. The second-order valence-electron chi connectivity index (χ2n) is 8.59. The monoisotopic (exact) mass is 553 g/mol. The fourth-order valence-electron chi connectivity index (χ4n) is 3.40. The molecule has 0 aliphatic carbocycles. The van der Waals surface area contributed by atoms with Crippen LogP contribution in [-0.4, -0.2) is 72.0 Å². The first-order valence-electron chi connectivity index (χ1n) is 9.61. The minimum Gasteiger partial charge on any atom is -0.456 e. The lowest BCUT2D eigenvalue weighted by atomic mass is 10.1. The van der Waals surface area contributed by atoms with Crippen LogP contribution in [-0.2, 0) is 20.9 Å². The Morgan fingerprint density at radius 1 is 1.28 bits per heavy atom. The van der Waals surface area contributed by atoms with Gasteiger partial charge >= 0.3 is 6.01 Å². The number of halogens is 2. The lowest BCUT2D eigenvalue weighted by molar-refractivity contribution is 0.00336. The third kappa shape index (κ3) is 4.73. The predicted molar refractivity (Wildman–Crippen MR) is 119 cm³/mol. The van der Waals surface area contributed by atoms with E-state index < -0.39 is 14.2 Å². The van der Waals surface area contributed by atoms with Crippen molar-refractivity contribution < 1.29 is 24.1 Å². The molecule has 0 saturated carbocycles. The molecule has 160 valence electrons. The van der Waals surface area contributed by atoms with E-state index in [1.165, 1.54) is 0 Å². The van der Waals surface area contributed by atoms with Gasteiger partial charge in [-0.15, -0.1) is 0 Å². The van der Waals surface area contributed by atoms with E-state index >= 15 is 0 Å². The lowest BCUT2D eigenvalue weighted by Gasteiger charge is -2.19. The number of rotatable bonds is 7. The summed E-state index contributed by atoms with van der Waals surface area (Å²) in [6.07, 6.45) is -1.66. The van der Waals surface area contributed by atoms with Gasteiger partial charge in [-0.05, 0) is 34.7 Å². The van der Waals surface area contributed by atoms with Gasteiger partial charge in [0.2, 0.25) is 0 Å². The van der Waals surface area contributed by atoms with Crippen LogP contribution in [0.4, 0.5) is 0 Å². The van der Waals surface area contributed by atoms with E-state index in [1.54, 1.807) is 6.07 Å². The number of nitrogens with zero attached hydrogens (tertiary/aromatic N) is 3. The van der Waals surface area contributed by atoms with Crippen LogP contribution in [0.5, 0.6) is 6.01 Å². The van der Waals surface area contributed by atoms with Gasteiger partial charge in [-0.2, -0.15) is 4.98 Å². The van der Waals surface area contributed by atoms with Gasteiger partial charge in [0.15, 0.2) is 11.8 Å². The van der Waals surface area contributed by atoms with Gasteiger partial charge in [0, 0.05) is 14.7 Å². The highest BCUT2D eigenvalue weighted by Gasteiger charge is 2.48. The molecular formula is C18H25ClIN3O5Si. The number of fused-ring (bicyclic) bond motifs is 2. The molecule has 0 bridgehead atoms. The van der Waals surface area contributed by atoms with E-state index in [-0.39, 0.29) is 31.6 Å². The Labute approximate surface area is 189 Å². The van der Waals surface area contributed by atoms with Crippen LogP contribution in [0.3, 0.4) is 0 Å². The second kappa shape index (κ2) is 8.56. The number of hydrogen-bond acceptors (Lipinski definition) is 7. The number of hydrogen-bond donors (Lipinski definition) is 1. The number of aliphatic hydroxyl groups excluding tert-OH is 1. The summed E-state index contributed by atoms with van der Waals surface area (Å²) in [4.78, 5) is 9.16. The first-order valence-corrected chi connectivity index (χ1v) is 14.8. The Kier molecular flexibility index (Phi) is 6.41. The fourth-order valence-corrected chi connectivity index (χ4v) is 4.69. The van der Waals surface area contributed by atoms with E-state index in [0.29, 0.717) is 39.1 Å². The number of imidazole rings is 1. The Morgan fingerprint density at radius 2 is 2.03 bits per heavy atom. The van der Waals surface area contributed by atoms with E-state index in [0.717, 1.165) is 6.04 Å². The maximum Gasteiger partial charge on any atom is 0.301 e. The maximum absolute atomic E-state index is 9.95. The molecule has 2 aliphatic rings. The molecular weight excluding hydrogens is 529 g/mol. The third-order valence-corrected chi connectivity index (χ3v) is 8.19. The van der Waals surface area contributed by atoms with Crippen LogP contribution < -0.4 is 4.74 Å². The van der Waals surface area contributed by atoms with Gasteiger partial charge < -0.3 is 24.1 Å². The van der Waals surface area contributed by atoms with Crippen molar-refractivity contribution in [3.05, 3.63) is 14.8 Å². The lowest BCUT2D eigenvalue weighted by Crippen LogP contribution is -2.35. The molecule has 1 N–H and O–H groups in total. The Bertz CT molecular complexity index is 892. The standard InChI is InChI=1S/C18H25ClIN3O5Si/c1-29(2,3)5-4-25-9-23-17-11(6-10(19)16(20)22-17)21-18(23)28-13-8-27-14-12(24)7-26-15(13)14/h6,12-15,24H,4-5,7-9H2,1-3H3/t12?,13-,14-,15-/m1/s1. The first-order chi connectivity index (χ1) is 13.7. The molecule has 1 unspecified atom stereocenters. The average Bonchev–Trinajstić information content (AvgIpc) is 3.29. The Balaban J connectivity index is 1.57. The summed E-state index contributed by atoms with van der Waals surface area (Å²) in [7, 11) is -1.19. The van der Waals surface area contributed by atoms with Crippen LogP contribution in [0.2, 0.25) is 30.7 Å². The van der Waals surface area contributed by atoms with Crippen LogP contribution in [0, 0.1) is 3.70 Å². The minimum absolute atomic E-state index is 0.251. The zero-order valence-electron chi connectivity index (χ0n) is 16.6. The van der Waals surface area contributed by atoms with Crippen molar-refractivity contribution in [1.82, 2.24) is 14.5 Å². The summed E-state index contributed by atoms with van der Waals surface area (Å²) in [6.45, 7) is 8.48. The highest BCUT2D eigenvalue weighted by atomic mass is 127. The zero-order valence-corrected chi connectivity index (χ0v) is 20.5. The summed E-state index contributed by atoms with van der Waals surface area (Å²) < 4.78 is 25.9. The highest BCUT2D eigenvalue weighted by Crippen LogP contribution is 2.32. The van der Waals surface area contributed by atoms with E-state index in [9.17, 15) is 5.11 Å². The molecule has 4 heterocycles. The largest absolute Gasteiger partial charge is 0.456 e. The third-order valence-electron chi connectivity index (χ3n) is 5.05. The predicted octanol–water partition coefficient (Wildman–Crippen LogP) is 2.91. The van der Waals surface area contributed by atoms with Gasteiger partial charge in [-0.25, -0.2) is 4.98 Å². The molecule has 29 heavy (non-hydrogen) atoms. The molecule has 2 fully saturated rings. The van der Waals surface area contributed by atoms with Gasteiger partial charge in [0.1, 0.15) is 34.3 Å². The molecule has 0 spiro atoms. The Morgan fingerprint density at radius 3 is 2.79 bits per heavy atom. The molecule has 11 heteroatoms. The second-order valence-corrected chi connectivity index (χ2v) is 15.6. The Hall–Kier alpha value is -0.503. The molecule has 2 aliphatic heterocycles. The topological polar surface area (TPSA) is 87.9 Å². The SMILES string of the molecule is C[Si](C)(C)CCOCn1c(O[C@@H]2CO[C@@H]3C(O)CO[C@@H]32)nc2cc(Cl)c(I)nc21. The molecule has 2 aromatic heterocycles. The summed E-state index contributed by atoms with van der Waals surface area (Å²) in [5, 5.41) is 10.5. The molecule has 0 radical (unpaired) electrons. The van der Waals surface area contributed by atoms with Crippen molar-refractivity contribution in [2.45, 2.75) is 56.8 Å². The quantitative estimate of drug-likeness (QED) is 0.244. The molecule has 4 rings (SSSR count). The smallest absolute Gasteiger partial charge is 0.301 e.